The Labute approximate surface area is 67.2 Å². The fourth-order valence-electron chi connectivity index (χ4n) is 0.995. The molecular weight excluding hydrogens is 138 g/mol. The number of ether oxygens (including phenoxy) is 1. The number of rotatable bonds is 3. The van der Waals surface area contributed by atoms with E-state index in [0.717, 1.165) is 13.0 Å². The first kappa shape index (κ1) is 8.21. The van der Waals surface area contributed by atoms with Crippen LogP contribution in [-0.2, 0) is 11.2 Å². The van der Waals surface area contributed by atoms with Crippen molar-refractivity contribution in [3.63, 3.8) is 0 Å². The smallest absolute Gasteiger partial charge is 0.0502 e. The molecule has 0 N–H and O–H groups in total. The zero-order valence-electron chi connectivity index (χ0n) is 7.00. The molecule has 11 heavy (non-hydrogen) atoms. The maximum Gasteiger partial charge on any atom is 0.0502 e. The van der Waals surface area contributed by atoms with Crippen molar-refractivity contribution in [2.75, 3.05) is 13.7 Å². The summed E-state index contributed by atoms with van der Waals surface area (Å²) in [6.07, 6.45) is 4.67. The fraction of sp³-hybridized carbons (Fsp3) is 0.444. The fourth-order valence-corrected chi connectivity index (χ4v) is 0.995. The van der Waals surface area contributed by atoms with Crippen molar-refractivity contribution >= 4 is 0 Å². The molecule has 1 aromatic rings. The lowest BCUT2D eigenvalue weighted by atomic mass is 10.1. The molecule has 0 atom stereocenters. The summed E-state index contributed by atoms with van der Waals surface area (Å²) in [6.45, 7) is 2.85. The van der Waals surface area contributed by atoms with Gasteiger partial charge in [-0.05, 0) is 30.5 Å². The Balaban J connectivity index is 2.62. The lowest BCUT2D eigenvalue weighted by molar-refractivity contribution is 0.202. The van der Waals surface area contributed by atoms with Gasteiger partial charge < -0.3 is 4.74 Å². The van der Waals surface area contributed by atoms with Gasteiger partial charge in [-0.15, -0.1) is 0 Å². The largest absolute Gasteiger partial charge is 0.384 e. The minimum atomic E-state index is 0.783. The molecule has 1 aromatic heterocycles. The Morgan fingerprint density at radius 2 is 2.36 bits per heavy atom. The second-order valence-corrected chi connectivity index (χ2v) is 2.54. The molecule has 0 saturated heterocycles. The third kappa shape index (κ3) is 2.31. The molecule has 0 aliphatic rings. The van der Waals surface area contributed by atoms with E-state index in [1.54, 1.807) is 7.11 Å². The maximum absolute atomic E-state index is 4.98. The van der Waals surface area contributed by atoms with Gasteiger partial charge >= 0.3 is 0 Å². The average Bonchev–Trinajstić information content (AvgIpc) is 2.03. The van der Waals surface area contributed by atoms with Crippen LogP contribution in [0.5, 0.6) is 0 Å². The molecule has 0 amide bonds. The van der Waals surface area contributed by atoms with Gasteiger partial charge in [0.1, 0.15) is 0 Å². The number of nitrogens with zero attached hydrogens (tertiary/aromatic N) is 1. The molecule has 0 bridgehead atoms. The van der Waals surface area contributed by atoms with Gasteiger partial charge in [0, 0.05) is 19.5 Å². The summed E-state index contributed by atoms with van der Waals surface area (Å²) in [6, 6.07) is 2.04. The molecule has 0 spiro atoms. The predicted octanol–water partition coefficient (Wildman–Crippen LogP) is 1.58. The molecule has 60 valence electrons. The highest BCUT2D eigenvalue weighted by Gasteiger charge is 1.95. The topological polar surface area (TPSA) is 22.1 Å². The Morgan fingerprint density at radius 3 is 3.00 bits per heavy atom. The lowest BCUT2D eigenvalue weighted by Crippen LogP contribution is -1.96. The summed E-state index contributed by atoms with van der Waals surface area (Å²) in [4.78, 5) is 4.01. The Hall–Kier alpha value is -0.890. The normalized spacial score (nSPS) is 10.0. The zero-order chi connectivity index (χ0) is 8.10. The van der Waals surface area contributed by atoms with E-state index in [4.69, 9.17) is 4.74 Å². The number of hydrogen-bond donors (Lipinski definition) is 0. The second kappa shape index (κ2) is 4.09. The van der Waals surface area contributed by atoms with Crippen LogP contribution in [0, 0.1) is 6.92 Å². The molecule has 1 heterocycles. The number of hydrogen-bond acceptors (Lipinski definition) is 2. The van der Waals surface area contributed by atoms with Crippen LogP contribution in [0.1, 0.15) is 11.1 Å². The summed E-state index contributed by atoms with van der Waals surface area (Å²) in [5.74, 6) is 0. The predicted molar refractivity (Wildman–Crippen MR) is 44.6 cm³/mol. The van der Waals surface area contributed by atoms with E-state index in [1.807, 2.05) is 18.5 Å². The second-order valence-electron chi connectivity index (χ2n) is 2.54. The quantitative estimate of drug-likeness (QED) is 0.654. The van der Waals surface area contributed by atoms with Crippen LogP contribution in [0.4, 0.5) is 0 Å². The summed E-state index contributed by atoms with van der Waals surface area (Å²) in [5.41, 5.74) is 2.56. The SMILES string of the molecule is COCCc1ccncc1C. The van der Waals surface area contributed by atoms with Crippen LogP contribution < -0.4 is 0 Å². The van der Waals surface area contributed by atoms with Gasteiger partial charge in [0.15, 0.2) is 0 Å². The Kier molecular flexibility index (Phi) is 3.05. The molecule has 2 nitrogen and oxygen atoms in total. The Morgan fingerprint density at radius 1 is 1.55 bits per heavy atom. The molecule has 2 heteroatoms. The van der Waals surface area contributed by atoms with Gasteiger partial charge in [-0.25, -0.2) is 0 Å². The van der Waals surface area contributed by atoms with E-state index in [1.165, 1.54) is 11.1 Å². The monoisotopic (exact) mass is 151 g/mol. The molecule has 0 fully saturated rings. The summed E-state index contributed by atoms with van der Waals surface area (Å²) < 4.78 is 4.98. The van der Waals surface area contributed by atoms with E-state index in [0.29, 0.717) is 0 Å². The van der Waals surface area contributed by atoms with Crippen LogP contribution in [-0.4, -0.2) is 18.7 Å². The van der Waals surface area contributed by atoms with Crippen molar-refractivity contribution in [1.29, 1.82) is 0 Å². The van der Waals surface area contributed by atoms with E-state index in [-0.39, 0.29) is 0 Å². The van der Waals surface area contributed by atoms with Crippen molar-refractivity contribution in [3.8, 4) is 0 Å². The van der Waals surface area contributed by atoms with Crippen molar-refractivity contribution < 1.29 is 4.74 Å². The highest BCUT2D eigenvalue weighted by molar-refractivity contribution is 5.21. The summed E-state index contributed by atoms with van der Waals surface area (Å²) in [5, 5.41) is 0. The van der Waals surface area contributed by atoms with Crippen LogP contribution in [0.15, 0.2) is 18.5 Å². The van der Waals surface area contributed by atoms with Gasteiger partial charge in [-0.1, -0.05) is 0 Å². The van der Waals surface area contributed by atoms with Gasteiger partial charge in [-0.2, -0.15) is 0 Å². The highest BCUT2D eigenvalue weighted by atomic mass is 16.5. The van der Waals surface area contributed by atoms with E-state index in [2.05, 4.69) is 11.9 Å². The number of aromatic nitrogens is 1. The number of aryl methyl sites for hydroxylation is 1. The molecule has 0 aliphatic carbocycles. The molecular formula is C9H13NO. The van der Waals surface area contributed by atoms with Crippen molar-refractivity contribution in [2.45, 2.75) is 13.3 Å². The minimum Gasteiger partial charge on any atom is -0.384 e. The third-order valence-electron chi connectivity index (χ3n) is 1.71. The van der Waals surface area contributed by atoms with Crippen molar-refractivity contribution in [2.24, 2.45) is 0 Å². The highest BCUT2D eigenvalue weighted by Crippen LogP contribution is 2.05. The summed E-state index contributed by atoms with van der Waals surface area (Å²) in [7, 11) is 1.72. The molecule has 0 radical (unpaired) electrons. The van der Waals surface area contributed by atoms with Crippen molar-refractivity contribution in [3.05, 3.63) is 29.6 Å². The average molecular weight is 151 g/mol. The number of methoxy groups -OCH3 is 1. The first-order valence-corrected chi connectivity index (χ1v) is 3.73. The van der Waals surface area contributed by atoms with Crippen LogP contribution in [0.25, 0.3) is 0 Å². The minimum absolute atomic E-state index is 0.783. The van der Waals surface area contributed by atoms with Crippen LogP contribution >= 0.6 is 0 Å². The first-order chi connectivity index (χ1) is 5.34. The summed E-state index contributed by atoms with van der Waals surface area (Å²) >= 11 is 0. The van der Waals surface area contributed by atoms with Gasteiger partial charge in [0.2, 0.25) is 0 Å². The lowest BCUT2D eigenvalue weighted by Gasteiger charge is -2.02. The van der Waals surface area contributed by atoms with E-state index in [9.17, 15) is 0 Å². The third-order valence-corrected chi connectivity index (χ3v) is 1.71. The number of pyridine rings is 1. The molecule has 1 rings (SSSR count). The Bertz CT molecular complexity index is 223. The molecule has 0 aromatic carbocycles. The van der Waals surface area contributed by atoms with Crippen molar-refractivity contribution in [1.82, 2.24) is 4.98 Å². The van der Waals surface area contributed by atoms with Gasteiger partial charge in [-0.3, -0.25) is 4.98 Å². The molecule has 0 aliphatic heterocycles. The standard InChI is InChI=1S/C9H13NO/c1-8-7-10-5-3-9(8)4-6-11-2/h3,5,7H,4,6H2,1-2H3. The molecule has 0 unspecified atom stereocenters. The van der Waals surface area contributed by atoms with E-state index < -0.39 is 0 Å². The molecule has 0 saturated carbocycles. The zero-order valence-corrected chi connectivity index (χ0v) is 7.00. The van der Waals surface area contributed by atoms with Crippen LogP contribution in [0.3, 0.4) is 0 Å². The van der Waals surface area contributed by atoms with Gasteiger partial charge in [0.25, 0.3) is 0 Å². The van der Waals surface area contributed by atoms with E-state index >= 15 is 0 Å². The first-order valence-electron chi connectivity index (χ1n) is 3.73. The maximum atomic E-state index is 4.98. The van der Waals surface area contributed by atoms with Gasteiger partial charge in [0.05, 0.1) is 6.61 Å². The van der Waals surface area contributed by atoms with Crippen LogP contribution in [0.2, 0.25) is 0 Å².